The van der Waals surface area contributed by atoms with Gasteiger partial charge in [0.1, 0.15) is 5.75 Å². The Morgan fingerprint density at radius 2 is 1.69 bits per heavy atom. The third kappa shape index (κ3) is 4.59. The van der Waals surface area contributed by atoms with Crippen molar-refractivity contribution in [2.45, 2.75) is 25.3 Å². The zero-order valence-corrected chi connectivity index (χ0v) is 16.0. The smallest absolute Gasteiger partial charge is 0.123 e. The van der Waals surface area contributed by atoms with Gasteiger partial charge in [-0.3, -0.25) is 4.90 Å². The molecule has 0 aromatic heterocycles. The molecule has 2 aliphatic rings. The first kappa shape index (κ1) is 19.2. The topological polar surface area (TPSA) is 38.5 Å². The van der Waals surface area contributed by atoms with Crippen LogP contribution in [0.3, 0.4) is 0 Å². The number of nitrogens with two attached hydrogens (primary N) is 1. The number of ether oxygens (including phenoxy) is 1. The van der Waals surface area contributed by atoms with Crippen LogP contribution in [0, 0.1) is 11.8 Å². The van der Waals surface area contributed by atoms with Crippen LogP contribution in [0.25, 0.3) is 0 Å². The van der Waals surface area contributed by atoms with E-state index in [-0.39, 0.29) is 12.4 Å². The Labute approximate surface area is 162 Å². The van der Waals surface area contributed by atoms with E-state index in [0.717, 1.165) is 44.5 Å². The maximum absolute atomic E-state index is 6.08. The van der Waals surface area contributed by atoms with E-state index >= 15 is 0 Å². The number of halogens is 1. The minimum absolute atomic E-state index is 0. The highest BCUT2D eigenvalue weighted by molar-refractivity contribution is 5.85. The Hall–Kier alpha value is -1.55. The van der Waals surface area contributed by atoms with Crippen LogP contribution < -0.4 is 10.5 Å². The van der Waals surface area contributed by atoms with Crippen LogP contribution in [0.15, 0.2) is 54.6 Å². The highest BCUT2D eigenvalue weighted by Crippen LogP contribution is 2.34. The van der Waals surface area contributed by atoms with Crippen LogP contribution in [0.1, 0.15) is 29.9 Å². The van der Waals surface area contributed by atoms with Crippen molar-refractivity contribution in [1.29, 1.82) is 0 Å². The van der Waals surface area contributed by atoms with Crippen LogP contribution >= 0.6 is 12.4 Å². The van der Waals surface area contributed by atoms with Gasteiger partial charge in [0.15, 0.2) is 0 Å². The molecule has 26 heavy (non-hydrogen) atoms. The largest absolute Gasteiger partial charge is 0.493 e. The van der Waals surface area contributed by atoms with Gasteiger partial charge in [-0.15, -0.1) is 12.4 Å². The summed E-state index contributed by atoms with van der Waals surface area (Å²) in [6.07, 6.45) is 2.65. The fourth-order valence-electron chi connectivity index (χ4n) is 3.91. The van der Waals surface area contributed by atoms with E-state index in [1.165, 1.54) is 24.0 Å². The van der Waals surface area contributed by atoms with Gasteiger partial charge in [0.25, 0.3) is 0 Å². The van der Waals surface area contributed by atoms with Gasteiger partial charge in [-0.2, -0.15) is 0 Å². The molecule has 0 spiro atoms. The summed E-state index contributed by atoms with van der Waals surface area (Å²) in [5.74, 6) is 2.90. The Bertz CT molecular complexity index is 690. The van der Waals surface area contributed by atoms with Gasteiger partial charge in [0, 0.05) is 31.1 Å². The zero-order chi connectivity index (χ0) is 17.1. The molecule has 0 radical (unpaired) electrons. The van der Waals surface area contributed by atoms with Crippen molar-refractivity contribution in [3.63, 3.8) is 0 Å². The average molecular weight is 373 g/mol. The molecular formula is C22H29ClN2O. The van der Waals surface area contributed by atoms with Gasteiger partial charge in [-0.25, -0.2) is 0 Å². The van der Waals surface area contributed by atoms with Gasteiger partial charge in [0.05, 0.1) is 6.61 Å². The minimum Gasteiger partial charge on any atom is -0.493 e. The van der Waals surface area contributed by atoms with Gasteiger partial charge in [0.2, 0.25) is 0 Å². The first-order chi connectivity index (χ1) is 12.3. The third-order valence-electron chi connectivity index (χ3n) is 5.59. The molecule has 2 atom stereocenters. The Morgan fingerprint density at radius 1 is 0.962 bits per heavy atom. The van der Waals surface area contributed by atoms with Crippen LogP contribution in [-0.2, 0) is 6.54 Å². The van der Waals surface area contributed by atoms with Gasteiger partial charge in [-0.05, 0) is 42.9 Å². The van der Waals surface area contributed by atoms with Crippen molar-refractivity contribution in [3.8, 4) is 5.75 Å². The highest BCUT2D eigenvalue weighted by Gasteiger charge is 2.33. The average Bonchev–Trinajstić information content (AvgIpc) is 3.40. The molecule has 1 aliphatic heterocycles. The number of hydrogen-bond acceptors (Lipinski definition) is 3. The second kappa shape index (κ2) is 8.90. The molecule has 1 saturated carbocycles. The van der Waals surface area contributed by atoms with Crippen LogP contribution in [0.4, 0.5) is 0 Å². The number of rotatable bonds is 7. The Kier molecular flexibility index (Phi) is 6.58. The van der Waals surface area contributed by atoms with E-state index in [2.05, 4.69) is 59.5 Å². The molecule has 2 aromatic rings. The quantitative estimate of drug-likeness (QED) is 0.796. The van der Waals surface area contributed by atoms with E-state index in [1.54, 1.807) is 0 Å². The van der Waals surface area contributed by atoms with Crippen molar-refractivity contribution in [3.05, 3.63) is 65.7 Å². The standard InChI is InChI=1S/C22H28N2O.ClH/c23-12-20-14-24(15-21(20)18-6-2-1-3-7-18)13-19-8-4-5-9-22(19)25-16-17-10-11-17;/h1-9,17,20-21H,10-16,23H2;1H/t20-,21+;/m1./s1. The first-order valence-corrected chi connectivity index (χ1v) is 9.51. The molecule has 0 bridgehead atoms. The van der Waals surface area contributed by atoms with Gasteiger partial charge in [-0.1, -0.05) is 48.5 Å². The SMILES string of the molecule is Cl.NC[C@@H]1CN(Cc2ccccc2OCC2CC2)C[C@H]1c1ccccc1. The summed E-state index contributed by atoms with van der Waals surface area (Å²) in [5.41, 5.74) is 8.80. The molecule has 1 aliphatic carbocycles. The van der Waals surface area contributed by atoms with Crippen molar-refractivity contribution in [2.75, 3.05) is 26.2 Å². The lowest BCUT2D eigenvalue weighted by Gasteiger charge is -2.18. The normalized spacial score (nSPS) is 22.8. The van der Waals surface area contributed by atoms with Gasteiger partial charge >= 0.3 is 0 Å². The van der Waals surface area contributed by atoms with Crippen LogP contribution in [0.5, 0.6) is 5.75 Å². The highest BCUT2D eigenvalue weighted by atomic mass is 35.5. The van der Waals surface area contributed by atoms with E-state index in [9.17, 15) is 0 Å². The summed E-state index contributed by atoms with van der Waals surface area (Å²) in [6, 6.07) is 19.3. The molecule has 140 valence electrons. The Morgan fingerprint density at radius 3 is 2.42 bits per heavy atom. The summed E-state index contributed by atoms with van der Waals surface area (Å²) < 4.78 is 6.08. The van der Waals surface area contributed by atoms with Crippen LogP contribution in [0.2, 0.25) is 0 Å². The second-order valence-corrected chi connectivity index (χ2v) is 7.57. The monoisotopic (exact) mass is 372 g/mol. The summed E-state index contributed by atoms with van der Waals surface area (Å²) >= 11 is 0. The second-order valence-electron chi connectivity index (χ2n) is 7.57. The van der Waals surface area contributed by atoms with Crippen molar-refractivity contribution in [1.82, 2.24) is 4.90 Å². The van der Waals surface area contributed by atoms with Crippen LogP contribution in [-0.4, -0.2) is 31.1 Å². The van der Waals surface area contributed by atoms with E-state index < -0.39 is 0 Å². The maximum atomic E-state index is 6.08. The predicted molar refractivity (Wildman–Crippen MR) is 109 cm³/mol. The maximum Gasteiger partial charge on any atom is 0.123 e. The molecule has 4 heteroatoms. The summed E-state index contributed by atoms with van der Waals surface area (Å²) in [6.45, 7) is 4.70. The number of likely N-dealkylation sites (tertiary alicyclic amines) is 1. The number of benzene rings is 2. The molecule has 2 N–H and O–H groups in total. The third-order valence-corrected chi connectivity index (χ3v) is 5.59. The van der Waals surface area contributed by atoms with Gasteiger partial charge < -0.3 is 10.5 Å². The number of hydrogen-bond donors (Lipinski definition) is 1. The summed E-state index contributed by atoms with van der Waals surface area (Å²) in [5, 5.41) is 0. The van der Waals surface area contributed by atoms with Crippen molar-refractivity contribution >= 4 is 12.4 Å². The fraction of sp³-hybridized carbons (Fsp3) is 0.455. The Balaban J connectivity index is 0.00000196. The molecular weight excluding hydrogens is 344 g/mol. The zero-order valence-electron chi connectivity index (χ0n) is 15.2. The summed E-state index contributed by atoms with van der Waals surface area (Å²) in [7, 11) is 0. The van der Waals surface area contributed by atoms with Crippen molar-refractivity contribution in [2.24, 2.45) is 17.6 Å². The number of para-hydroxylation sites is 1. The minimum atomic E-state index is 0. The molecule has 2 fully saturated rings. The molecule has 4 rings (SSSR count). The molecule has 2 aromatic carbocycles. The molecule has 3 nitrogen and oxygen atoms in total. The fourth-order valence-corrected chi connectivity index (χ4v) is 3.91. The molecule has 1 saturated heterocycles. The van der Waals surface area contributed by atoms with E-state index in [0.29, 0.717) is 11.8 Å². The lowest BCUT2D eigenvalue weighted by Crippen LogP contribution is -2.23. The molecule has 0 unspecified atom stereocenters. The lowest BCUT2D eigenvalue weighted by atomic mass is 9.89. The molecule has 0 amide bonds. The van der Waals surface area contributed by atoms with Crippen molar-refractivity contribution < 1.29 is 4.74 Å². The molecule has 1 heterocycles. The number of nitrogens with zero attached hydrogens (tertiary/aromatic N) is 1. The first-order valence-electron chi connectivity index (χ1n) is 9.51. The lowest BCUT2D eigenvalue weighted by molar-refractivity contribution is 0.279. The van der Waals surface area contributed by atoms with E-state index in [4.69, 9.17) is 10.5 Å². The summed E-state index contributed by atoms with van der Waals surface area (Å²) in [4.78, 5) is 2.54. The predicted octanol–water partition coefficient (Wildman–Crippen LogP) is 4.07. The van der Waals surface area contributed by atoms with E-state index in [1.807, 2.05) is 0 Å².